The van der Waals surface area contributed by atoms with E-state index in [1.165, 1.54) is 18.2 Å². The summed E-state index contributed by atoms with van der Waals surface area (Å²) in [5.74, 6) is 0. The van der Waals surface area contributed by atoms with Crippen molar-refractivity contribution in [3.63, 3.8) is 0 Å². The quantitative estimate of drug-likeness (QED) is 0.335. The van der Waals surface area contributed by atoms with Gasteiger partial charge in [-0.1, -0.05) is 6.07 Å². The maximum absolute atomic E-state index is 10.1. The normalized spacial score (nSPS) is 8.36. The molecule has 0 unspecified atom stereocenters. The zero-order chi connectivity index (χ0) is 7.56. The predicted molar refractivity (Wildman–Crippen MR) is 36.3 cm³/mol. The van der Waals surface area contributed by atoms with E-state index in [1.54, 1.807) is 0 Å². The molecule has 11 heavy (non-hydrogen) atoms. The van der Waals surface area contributed by atoms with Gasteiger partial charge in [-0.25, -0.2) is 0 Å². The second-order valence-corrected chi connectivity index (χ2v) is 1.74. The molecule has 0 heterocycles. The Morgan fingerprint density at radius 2 is 2.27 bits per heavy atom. The Balaban J connectivity index is 0.000001000. The molecule has 0 saturated carbocycles. The number of nitrogen functional groups attached to an aromatic ring is 1. The van der Waals surface area contributed by atoms with Crippen molar-refractivity contribution < 1.29 is 37.6 Å². The summed E-state index contributed by atoms with van der Waals surface area (Å²) < 4.78 is 0. The van der Waals surface area contributed by atoms with E-state index >= 15 is 0 Å². The van der Waals surface area contributed by atoms with E-state index in [0.29, 0.717) is 0 Å². The van der Waals surface area contributed by atoms with E-state index in [9.17, 15) is 10.1 Å². The Labute approximate surface area is 88.8 Å². The van der Waals surface area contributed by atoms with Crippen molar-refractivity contribution >= 4 is 11.4 Å². The molecule has 1 aromatic carbocycles. The Bertz CT molecular complexity index is 265. The van der Waals surface area contributed by atoms with Crippen LogP contribution in [0, 0.1) is 16.2 Å². The SMILES string of the molecule is Nc1cc[c-]cc1[N+](=O)[O-].[Y]. The first-order chi connectivity index (χ1) is 4.72. The molecular formula is C6H5N2O2Y-. The molecule has 0 aliphatic heterocycles. The second kappa shape index (κ2) is 4.41. The van der Waals surface area contributed by atoms with Gasteiger partial charge in [0.25, 0.3) is 0 Å². The molecule has 0 aliphatic rings. The Morgan fingerprint density at radius 3 is 2.64 bits per heavy atom. The standard InChI is InChI=1S/C6H5N2O2.Y/c7-5-3-1-2-4-6(5)8(9)10;/h1,3-4H,7H2;/q-1;. The van der Waals surface area contributed by atoms with Crippen LogP contribution in [-0.2, 0) is 32.7 Å². The number of anilines is 1. The molecule has 1 rings (SSSR count). The minimum Gasteiger partial charge on any atom is -0.414 e. The van der Waals surface area contributed by atoms with Gasteiger partial charge in [0.1, 0.15) is 0 Å². The van der Waals surface area contributed by atoms with E-state index in [4.69, 9.17) is 5.73 Å². The first kappa shape index (κ1) is 10.5. The Hall–Kier alpha value is -0.476. The summed E-state index contributed by atoms with van der Waals surface area (Å²) in [5, 5.41) is 10.1. The van der Waals surface area contributed by atoms with E-state index in [1.807, 2.05) is 0 Å². The second-order valence-electron chi connectivity index (χ2n) is 1.74. The first-order valence-electron chi connectivity index (χ1n) is 2.62. The van der Waals surface area contributed by atoms with Crippen LogP contribution in [0.1, 0.15) is 0 Å². The number of benzene rings is 1. The third-order valence-corrected chi connectivity index (χ3v) is 1.07. The van der Waals surface area contributed by atoms with Crippen LogP contribution >= 0.6 is 0 Å². The van der Waals surface area contributed by atoms with Gasteiger partial charge >= 0.3 is 0 Å². The van der Waals surface area contributed by atoms with Gasteiger partial charge in [0.15, 0.2) is 5.69 Å². The van der Waals surface area contributed by atoms with Crippen molar-refractivity contribution in [2.24, 2.45) is 0 Å². The summed E-state index contributed by atoms with van der Waals surface area (Å²) in [6, 6.07) is 6.78. The van der Waals surface area contributed by atoms with Crippen molar-refractivity contribution in [1.82, 2.24) is 0 Å². The number of rotatable bonds is 1. The van der Waals surface area contributed by atoms with Crippen LogP contribution in [0.15, 0.2) is 18.2 Å². The van der Waals surface area contributed by atoms with E-state index in [0.717, 1.165) is 0 Å². The maximum atomic E-state index is 10.1. The molecule has 0 saturated heterocycles. The Morgan fingerprint density at radius 1 is 1.64 bits per heavy atom. The largest absolute Gasteiger partial charge is 0.414 e. The number of nitrogens with zero attached hydrogens (tertiary/aromatic N) is 1. The van der Waals surface area contributed by atoms with Crippen LogP contribution in [0.25, 0.3) is 0 Å². The number of hydrogen-bond donors (Lipinski definition) is 1. The van der Waals surface area contributed by atoms with Crippen LogP contribution in [0.3, 0.4) is 0 Å². The number of nitro groups is 1. The summed E-state index contributed by atoms with van der Waals surface area (Å²) >= 11 is 0. The zero-order valence-electron chi connectivity index (χ0n) is 5.65. The fourth-order valence-electron chi connectivity index (χ4n) is 0.592. The molecule has 2 N–H and O–H groups in total. The zero-order valence-corrected chi connectivity index (χ0v) is 8.49. The molecule has 1 aromatic rings. The van der Waals surface area contributed by atoms with E-state index in [2.05, 4.69) is 6.07 Å². The summed E-state index contributed by atoms with van der Waals surface area (Å²) in [6.45, 7) is 0. The minimum absolute atomic E-state index is 0. The summed E-state index contributed by atoms with van der Waals surface area (Å²) in [4.78, 5) is 9.59. The van der Waals surface area contributed by atoms with Crippen molar-refractivity contribution in [3.05, 3.63) is 34.4 Å². The fourth-order valence-corrected chi connectivity index (χ4v) is 0.592. The summed E-state index contributed by atoms with van der Waals surface area (Å²) in [5.41, 5.74) is 5.34. The monoisotopic (exact) mass is 226 g/mol. The van der Waals surface area contributed by atoms with Gasteiger partial charge < -0.3 is 5.73 Å². The van der Waals surface area contributed by atoms with Crippen molar-refractivity contribution in [2.45, 2.75) is 0 Å². The molecule has 5 heteroatoms. The van der Waals surface area contributed by atoms with E-state index < -0.39 is 4.92 Å². The van der Waals surface area contributed by atoms with Crippen LogP contribution in [0.5, 0.6) is 0 Å². The molecule has 1 radical (unpaired) electrons. The average Bonchev–Trinajstić information content (AvgIpc) is 1.88. The fraction of sp³-hybridized carbons (Fsp3) is 0. The van der Waals surface area contributed by atoms with Crippen molar-refractivity contribution in [1.29, 1.82) is 0 Å². The van der Waals surface area contributed by atoms with Gasteiger partial charge in [-0.3, -0.25) is 10.1 Å². The summed E-state index contributed by atoms with van der Waals surface area (Å²) in [7, 11) is 0. The molecule has 0 aromatic heterocycles. The molecule has 0 atom stereocenters. The molecule has 0 spiro atoms. The van der Waals surface area contributed by atoms with Crippen LogP contribution in [0.4, 0.5) is 11.4 Å². The van der Waals surface area contributed by atoms with E-state index in [-0.39, 0.29) is 44.1 Å². The topological polar surface area (TPSA) is 69.2 Å². The van der Waals surface area contributed by atoms with Crippen LogP contribution in [-0.4, -0.2) is 4.92 Å². The number of hydrogen-bond acceptors (Lipinski definition) is 3. The third kappa shape index (κ3) is 2.56. The maximum Gasteiger partial charge on any atom is 0.184 e. The number of nitrogens with two attached hydrogens (primary N) is 1. The molecule has 0 fully saturated rings. The van der Waals surface area contributed by atoms with Crippen LogP contribution < -0.4 is 5.73 Å². The van der Waals surface area contributed by atoms with Gasteiger partial charge in [-0.2, -0.15) is 12.1 Å². The number of nitro benzene ring substituents is 1. The minimum atomic E-state index is -0.536. The molecule has 55 valence electrons. The smallest absolute Gasteiger partial charge is 0.184 e. The van der Waals surface area contributed by atoms with Crippen LogP contribution in [0.2, 0.25) is 0 Å². The summed E-state index contributed by atoms with van der Waals surface area (Å²) in [6.07, 6.45) is 0. The third-order valence-electron chi connectivity index (χ3n) is 1.07. The van der Waals surface area contributed by atoms with Crippen molar-refractivity contribution in [3.8, 4) is 0 Å². The van der Waals surface area contributed by atoms with Gasteiger partial charge in [0, 0.05) is 37.6 Å². The molecule has 4 nitrogen and oxygen atoms in total. The molecule has 0 aliphatic carbocycles. The predicted octanol–water partition coefficient (Wildman–Crippen LogP) is 0.975. The van der Waals surface area contributed by atoms with Gasteiger partial charge in [0.05, 0.1) is 0 Å². The van der Waals surface area contributed by atoms with Gasteiger partial charge in [-0.15, -0.1) is 6.07 Å². The average molecular weight is 226 g/mol. The van der Waals surface area contributed by atoms with Gasteiger partial charge in [0.2, 0.25) is 0 Å². The molecule has 0 bridgehead atoms. The van der Waals surface area contributed by atoms with Crippen molar-refractivity contribution in [2.75, 3.05) is 5.73 Å². The molecule has 0 amide bonds. The van der Waals surface area contributed by atoms with Gasteiger partial charge in [-0.05, 0) is 5.69 Å². The first-order valence-corrected chi connectivity index (χ1v) is 2.62. The Kier molecular flexibility index (Phi) is 4.22. The molecular weight excluding hydrogens is 221 g/mol.